The molecule has 1 heterocycles. The van der Waals surface area contributed by atoms with Gasteiger partial charge in [-0.2, -0.15) is 5.26 Å². The summed E-state index contributed by atoms with van der Waals surface area (Å²) in [7, 11) is 0. The Bertz CT molecular complexity index is 449. The van der Waals surface area contributed by atoms with Gasteiger partial charge in [-0.3, -0.25) is 5.32 Å². The summed E-state index contributed by atoms with van der Waals surface area (Å²) in [5, 5.41) is 12.3. The smallest absolute Gasteiger partial charge is 0.129 e. The van der Waals surface area contributed by atoms with Crippen molar-refractivity contribution >= 4 is 0 Å². The fraction of sp³-hybridized carbons (Fsp3) is 0.562. The normalized spacial score (nSPS) is 17.0. The molecule has 2 rings (SSSR count). The highest BCUT2D eigenvalue weighted by molar-refractivity contribution is 5.25. The number of nitrogens with one attached hydrogen (secondary N) is 1. The second kappa shape index (κ2) is 7.98. The van der Waals surface area contributed by atoms with Gasteiger partial charge in [0.15, 0.2) is 0 Å². The fourth-order valence-corrected chi connectivity index (χ4v) is 2.65. The van der Waals surface area contributed by atoms with E-state index in [1.165, 1.54) is 32.0 Å². The molecule has 0 spiro atoms. The van der Waals surface area contributed by atoms with Crippen LogP contribution in [0.1, 0.15) is 37.3 Å². The van der Waals surface area contributed by atoms with E-state index < -0.39 is 6.04 Å². The zero-order chi connectivity index (χ0) is 14.2. The summed E-state index contributed by atoms with van der Waals surface area (Å²) in [5.41, 5.74) is 0.439. The van der Waals surface area contributed by atoms with Gasteiger partial charge < -0.3 is 4.90 Å². The Labute approximate surface area is 120 Å². The van der Waals surface area contributed by atoms with Gasteiger partial charge in [-0.05, 0) is 57.9 Å². The average molecular weight is 275 g/mol. The van der Waals surface area contributed by atoms with Crippen LogP contribution in [-0.4, -0.2) is 31.1 Å². The molecule has 1 atom stereocenters. The van der Waals surface area contributed by atoms with Crippen LogP contribution in [0.25, 0.3) is 0 Å². The summed E-state index contributed by atoms with van der Waals surface area (Å²) < 4.78 is 13.6. The molecule has 1 unspecified atom stereocenters. The maximum atomic E-state index is 13.6. The number of unbranched alkanes of at least 4 members (excludes halogenated alkanes) is 1. The van der Waals surface area contributed by atoms with Crippen LogP contribution in [0.3, 0.4) is 0 Å². The van der Waals surface area contributed by atoms with Crippen LogP contribution >= 0.6 is 0 Å². The summed E-state index contributed by atoms with van der Waals surface area (Å²) in [6.45, 7) is 4.34. The maximum absolute atomic E-state index is 13.6. The highest BCUT2D eigenvalue weighted by Crippen LogP contribution is 2.16. The van der Waals surface area contributed by atoms with Crippen LogP contribution in [-0.2, 0) is 0 Å². The van der Waals surface area contributed by atoms with Crippen LogP contribution < -0.4 is 5.32 Å². The van der Waals surface area contributed by atoms with Gasteiger partial charge in [0.05, 0.1) is 6.07 Å². The SMILES string of the molecule is N#CC(NCCCCN1CCCC1)c1ccccc1F. The molecule has 0 radical (unpaired) electrons. The molecule has 1 saturated heterocycles. The first-order chi connectivity index (χ1) is 9.81. The van der Waals surface area contributed by atoms with Gasteiger partial charge in [0.1, 0.15) is 11.9 Å². The van der Waals surface area contributed by atoms with Crippen molar-refractivity contribution in [1.82, 2.24) is 10.2 Å². The number of nitriles is 1. The quantitative estimate of drug-likeness (QED) is 0.778. The molecular weight excluding hydrogens is 253 g/mol. The molecule has 0 aliphatic carbocycles. The molecule has 1 N–H and O–H groups in total. The summed E-state index contributed by atoms with van der Waals surface area (Å²) in [6, 6.07) is 8.05. The Morgan fingerprint density at radius 1 is 1.25 bits per heavy atom. The van der Waals surface area contributed by atoms with Gasteiger partial charge in [-0.25, -0.2) is 4.39 Å². The van der Waals surface area contributed by atoms with E-state index in [1.54, 1.807) is 18.2 Å². The third-order valence-corrected chi connectivity index (χ3v) is 3.79. The molecule has 0 amide bonds. The van der Waals surface area contributed by atoms with Gasteiger partial charge in [-0.15, -0.1) is 0 Å². The number of likely N-dealkylation sites (tertiary alicyclic amines) is 1. The molecule has 20 heavy (non-hydrogen) atoms. The van der Waals surface area contributed by atoms with Gasteiger partial charge in [0, 0.05) is 5.56 Å². The van der Waals surface area contributed by atoms with Crippen molar-refractivity contribution in [2.75, 3.05) is 26.2 Å². The molecule has 1 aliphatic heterocycles. The maximum Gasteiger partial charge on any atom is 0.129 e. The zero-order valence-electron chi connectivity index (χ0n) is 11.8. The first-order valence-corrected chi connectivity index (χ1v) is 7.41. The minimum atomic E-state index is -0.553. The second-order valence-corrected chi connectivity index (χ2v) is 5.29. The summed E-state index contributed by atoms with van der Waals surface area (Å²) >= 11 is 0. The lowest BCUT2D eigenvalue weighted by atomic mass is 10.1. The number of halogens is 1. The van der Waals surface area contributed by atoms with Gasteiger partial charge in [0.25, 0.3) is 0 Å². The molecule has 1 aliphatic rings. The second-order valence-electron chi connectivity index (χ2n) is 5.29. The highest BCUT2D eigenvalue weighted by Gasteiger charge is 2.14. The van der Waals surface area contributed by atoms with Crippen molar-refractivity contribution in [1.29, 1.82) is 5.26 Å². The minimum absolute atomic E-state index is 0.316. The third kappa shape index (κ3) is 4.29. The van der Waals surface area contributed by atoms with Crippen LogP contribution in [0.4, 0.5) is 4.39 Å². The molecule has 3 nitrogen and oxygen atoms in total. The Hall–Kier alpha value is -1.44. The first kappa shape index (κ1) is 15.0. The van der Waals surface area contributed by atoms with E-state index >= 15 is 0 Å². The van der Waals surface area contributed by atoms with Crippen LogP contribution in [0.5, 0.6) is 0 Å². The molecule has 4 heteroatoms. The standard InChI is InChI=1S/C16H22FN3/c17-15-8-2-1-7-14(15)16(13-18)19-9-3-4-10-20-11-5-6-12-20/h1-2,7-8,16,19H,3-6,9-12H2. The molecule has 0 aromatic heterocycles. The van der Waals surface area contributed by atoms with E-state index in [0.717, 1.165) is 25.9 Å². The van der Waals surface area contributed by atoms with Crippen LogP contribution in [0, 0.1) is 17.1 Å². The molecule has 0 saturated carbocycles. The predicted octanol–water partition coefficient (Wildman–Crippen LogP) is 2.86. The molecule has 1 aromatic rings. The molecule has 0 bridgehead atoms. The molecule has 1 fully saturated rings. The lowest BCUT2D eigenvalue weighted by Gasteiger charge is -2.15. The Morgan fingerprint density at radius 2 is 2.00 bits per heavy atom. The van der Waals surface area contributed by atoms with Crippen LogP contribution in [0.15, 0.2) is 24.3 Å². The lowest BCUT2D eigenvalue weighted by Crippen LogP contribution is -2.24. The number of hydrogen-bond acceptors (Lipinski definition) is 3. The van der Waals surface area contributed by atoms with Crippen molar-refractivity contribution in [2.24, 2.45) is 0 Å². The number of benzene rings is 1. The van der Waals surface area contributed by atoms with Crippen molar-refractivity contribution < 1.29 is 4.39 Å². The Balaban J connectivity index is 1.69. The van der Waals surface area contributed by atoms with Crippen molar-refractivity contribution in [2.45, 2.75) is 31.7 Å². The van der Waals surface area contributed by atoms with Crippen LogP contribution in [0.2, 0.25) is 0 Å². The Morgan fingerprint density at radius 3 is 2.70 bits per heavy atom. The fourth-order valence-electron chi connectivity index (χ4n) is 2.65. The summed E-state index contributed by atoms with van der Waals surface area (Å²) in [4.78, 5) is 2.48. The number of hydrogen-bond donors (Lipinski definition) is 1. The van der Waals surface area contributed by atoms with E-state index in [1.807, 2.05) is 0 Å². The zero-order valence-corrected chi connectivity index (χ0v) is 11.8. The topological polar surface area (TPSA) is 39.1 Å². The van der Waals surface area contributed by atoms with Crippen molar-refractivity contribution in [3.8, 4) is 6.07 Å². The monoisotopic (exact) mass is 275 g/mol. The van der Waals surface area contributed by atoms with Crippen molar-refractivity contribution in [3.05, 3.63) is 35.6 Å². The van der Waals surface area contributed by atoms with Crippen molar-refractivity contribution in [3.63, 3.8) is 0 Å². The predicted molar refractivity (Wildman–Crippen MR) is 77.7 cm³/mol. The van der Waals surface area contributed by atoms with E-state index in [2.05, 4.69) is 16.3 Å². The highest BCUT2D eigenvalue weighted by atomic mass is 19.1. The number of rotatable bonds is 7. The average Bonchev–Trinajstić information content (AvgIpc) is 2.97. The van der Waals surface area contributed by atoms with Gasteiger partial charge >= 0.3 is 0 Å². The van der Waals surface area contributed by atoms with E-state index in [-0.39, 0.29) is 5.82 Å². The number of nitrogens with zero attached hydrogens (tertiary/aromatic N) is 2. The van der Waals surface area contributed by atoms with Gasteiger partial charge in [0.2, 0.25) is 0 Å². The van der Waals surface area contributed by atoms with Gasteiger partial charge in [-0.1, -0.05) is 18.2 Å². The summed E-state index contributed by atoms with van der Waals surface area (Å²) in [6.07, 6.45) is 4.79. The molecule has 108 valence electrons. The molecule has 1 aromatic carbocycles. The van der Waals surface area contributed by atoms with E-state index in [0.29, 0.717) is 5.56 Å². The minimum Gasteiger partial charge on any atom is -0.303 e. The van der Waals surface area contributed by atoms with E-state index in [4.69, 9.17) is 5.26 Å². The lowest BCUT2D eigenvalue weighted by molar-refractivity contribution is 0.328. The largest absolute Gasteiger partial charge is 0.303 e. The first-order valence-electron chi connectivity index (χ1n) is 7.41. The third-order valence-electron chi connectivity index (χ3n) is 3.79. The Kier molecular flexibility index (Phi) is 5.97. The summed E-state index contributed by atoms with van der Waals surface area (Å²) in [5.74, 6) is -0.316. The molecular formula is C16H22FN3. The van der Waals surface area contributed by atoms with E-state index in [9.17, 15) is 4.39 Å².